The standard InChI is InChI=1S/C17H26N2/c1-12(18)13-7-9-15(10-8-13)19-17-11-16(17)14-5-3-2-4-6-14/h2-6,12-13,15-17,19H,7-11,18H2,1H3. The molecule has 0 spiro atoms. The van der Waals surface area contributed by atoms with Gasteiger partial charge in [0.25, 0.3) is 0 Å². The summed E-state index contributed by atoms with van der Waals surface area (Å²) in [7, 11) is 0. The summed E-state index contributed by atoms with van der Waals surface area (Å²) >= 11 is 0. The first-order chi connectivity index (χ1) is 9.24. The van der Waals surface area contributed by atoms with Crippen molar-refractivity contribution in [3.63, 3.8) is 0 Å². The van der Waals surface area contributed by atoms with Crippen molar-refractivity contribution in [2.24, 2.45) is 11.7 Å². The smallest absolute Gasteiger partial charge is 0.0145 e. The predicted octanol–water partition coefficient (Wildman–Crippen LogP) is 3.04. The highest BCUT2D eigenvalue weighted by Gasteiger charge is 2.39. The van der Waals surface area contributed by atoms with Crippen LogP contribution >= 0.6 is 0 Å². The molecule has 3 unspecified atom stereocenters. The Bertz CT molecular complexity index is 393. The highest BCUT2D eigenvalue weighted by molar-refractivity contribution is 5.27. The van der Waals surface area contributed by atoms with Gasteiger partial charge in [-0.2, -0.15) is 0 Å². The van der Waals surface area contributed by atoms with E-state index in [1.807, 2.05) is 0 Å². The van der Waals surface area contributed by atoms with E-state index in [2.05, 4.69) is 42.6 Å². The molecule has 3 atom stereocenters. The Hall–Kier alpha value is -0.860. The van der Waals surface area contributed by atoms with Gasteiger partial charge in [-0.05, 0) is 50.5 Å². The molecule has 2 fully saturated rings. The molecule has 3 rings (SSSR count). The zero-order chi connectivity index (χ0) is 13.2. The van der Waals surface area contributed by atoms with E-state index in [9.17, 15) is 0 Å². The molecule has 2 heteroatoms. The minimum atomic E-state index is 0.374. The van der Waals surface area contributed by atoms with Gasteiger partial charge >= 0.3 is 0 Å². The van der Waals surface area contributed by atoms with Crippen molar-refractivity contribution in [3.05, 3.63) is 35.9 Å². The van der Waals surface area contributed by atoms with Crippen LogP contribution in [0.1, 0.15) is 50.5 Å². The van der Waals surface area contributed by atoms with Crippen molar-refractivity contribution in [2.75, 3.05) is 0 Å². The second kappa shape index (κ2) is 5.64. The number of nitrogens with two attached hydrogens (primary N) is 1. The Labute approximate surface area is 116 Å². The van der Waals surface area contributed by atoms with Gasteiger partial charge in [0.15, 0.2) is 0 Å². The number of nitrogens with one attached hydrogen (secondary N) is 1. The van der Waals surface area contributed by atoms with E-state index in [0.717, 1.165) is 23.9 Å². The van der Waals surface area contributed by atoms with Gasteiger partial charge in [0.1, 0.15) is 0 Å². The molecule has 1 aromatic carbocycles. The molecule has 0 bridgehead atoms. The third-order valence-electron chi connectivity index (χ3n) is 4.98. The average Bonchev–Trinajstić information content (AvgIpc) is 3.20. The Morgan fingerprint density at radius 1 is 1.11 bits per heavy atom. The van der Waals surface area contributed by atoms with Crippen LogP contribution in [0.4, 0.5) is 0 Å². The van der Waals surface area contributed by atoms with E-state index in [4.69, 9.17) is 5.73 Å². The fourth-order valence-corrected chi connectivity index (χ4v) is 3.56. The Balaban J connectivity index is 1.45. The first-order valence-electron chi connectivity index (χ1n) is 7.80. The molecule has 1 aromatic rings. The summed E-state index contributed by atoms with van der Waals surface area (Å²) in [5, 5.41) is 3.86. The second-order valence-electron chi connectivity index (χ2n) is 6.50. The predicted molar refractivity (Wildman–Crippen MR) is 80.1 cm³/mol. The fourth-order valence-electron chi connectivity index (χ4n) is 3.56. The van der Waals surface area contributed by atoms with Gasteiger partial charge in [0, 0.05) is 24.0 Å². The Morgan fingerprint density at radius 2 is 1.79 bits per heavy atom. The van der Waals surface area contributed by atoms with Crippen molar-refractivity contribution in [1.82, 2.24) is 5.32 Å². The van der Waals surface area contributed by atoms with Crippen molar-refractivity contribution in [2.45, 2.75) is 63.1 Å². The fraction of sp³-hybridized carbons (Fsp3) is 0.647. The summed E-state index contributed by atoms with van der Waals surface area (Å²) in [5.74, 6) is 1.51. The first kappa shape index (κ1) is 13.1. The molecular formula is C17H26N2. The monoisotopic (exact) mass is 258 g/mol. The van der Waals surface area contributed by atoms with E-state index in [-0.39, 0.29) is 0 Å². The van der Waals surface area contributed by atoms with Gasteiger partial charge in [-0.1, -0.05) is 30.3 Å². The lowest BCUT2D eigenvalue weighted by Gasteiger charge is -2.31. The number of benzene rings is 1. The lowest BCUT2D eigenvalue weighted by molar-refractivity contribution is 0.264. The van der Waals surface area contributed by atoms with Crippen molar-refractivity contribution < 1.29 is 0 Å². The number of hydrogen-bond acceptors (Lipinski definition) is 2. The van der Waals surface area contributed by atoms with Crippen LogP contribution in [0.2, 0.25) is 0 Å². The van der Waals surface area contributed by atoms with Crippen LogP contribution in [0, 0.1) is 5.92 Å². The van der Waals surface area contributed by atoms with Gasteiger partial charge in [0.2, 0.25) is 0 Å². The van der Waals surface area contributed by atoms with Crippen LogP contribution in [0.5, 0.6) is 0 Å². The summed E-state index contributed by atoms with van der Waals surface area (Å²) in [6.07, 6.45) is 6.54. The molecule has 2 saturated carbocycles. The first-order valence-corrected chi connectivity index (χ1v) is 7.80. The SMILES string of the molecule is CC(N)C1CCC(NC2CC2c2ccccc2)CC1. The maximum Gasteiger partial charge on any atom is 0.0145 e. The van der Waals surface area contributed by atoms with E-state index in [1.54, 1.807) is 0 Å². The number of hydrogen-bond donors (Lipinski definition) is 2. The minimum absolute atomic E-state index is 0.374. The van der Waals surface area contributed by atoms with Crippen molar-refractivity contribution in [1.29, 1.82) is 0 Å². The summed E-state index contributed by atoms with van der Waals surface area (Å²) in [4.78, 5) is 0. The molecule has 0 heterocycles. The number of rotatable bonds is 4. The van der Waals surface area contributed by atoms with Crippen LogP contribution in [-0.4, -0.2) is 18.1 Å². The van der Waals surface area contributed by atoms with Gasteiger partial charge in [-0.3, -0.25) is 0 Å². The normalized spacial score (nSPS) is 35.9. The van der Waals surface area contributed by atoms with Crippen LogP contribution < -0.4 is 11.1 Å². The molecule has 0 radical (unpaired) electrons. The average molecular weight is 258 g/mol. The molecule has 3 N–H and O–H groups in total. The lowest BCUT2D eigenvalue weighted by Crippen LogP contribution is -2.38. The lowest BCUT2D eigenvalue weighted by atomic mass is 9.82. The molecule has 2 nitrogen and oxygen atoms in total. The third-order valence-corrected chi connectivity index (χ3v) is 4.98. The second-order valence-corrected chi connectivity index (χ2v) is 6.50. The Kier molecular flexibility index (Phi) is 3.90. The maximum absolute atomic E-state index is 6.00. The van der Waals surface area contributed by atoms with Gasteiger partial charge in [-0.15, -0.1) is 0 Å². The molecule has 2 aliphatic carbocycles. The molecule has 2 aliphatic rings. The van der Waals surface area contributed by atoms with Gasteiger partial charge < -0.3 is 11.1 Å². The molecule has 19 heavy (non-hydrogen) atoms. The van der Waals surface area contributed by atoms with E-state index < -0.39 is 0 Å². The zero-order valence-electron chi connectivity index (χ0n) is 11.9. The molecule has 104 valence electrons. The largest absolute Gasteiger partial charge is 0.328 e. The van der Waals surface area contributed by atoms with E-state index in [1.165, 1.54) is 37.7 Å². The quantitative estimate of drug-likeness (QED) is 0.871. The third kappa shape index (κ3) is 3.18. The van der Waals surface area contributed by atoms with E-state index >= 15 is 0 Å². The minimum Gasteiger partial charge on any atom is -0.328 e. The maximum atomic E-state index is 6.00. The molecule has 0 amide bonds. The molecule has 0 aliphatic heterocycles. The summed E-state index contributed by atoms with van der Waals surface area (Å²) in [5.41, 5.74) is 7.51. The van der Waals surface area contributed by atoms with Crippen molar-refractivity contribution in [3.8, 4) is 0 Å². The summed E-state index contributed by atoms with van der Waals surface area (Å²) in [6, 6.07) is 12.8. The Morgan fingerprint density at radius 3 is 2.42 bits per heavy atom. The van der Waals surface area contributed by atoms with Gasteiger partial charge in [0.05, 0.1) is 0 Å². The summed E-state index contributed by atoms with van der Waals surface area (Å²) < 4.78 is 0. The van der Waals surface area contributed by atoms with Crippen LogP contribution in [0.15, 0.2) is 30.3 Å². The molecular weight excluding hydrogens is 232 g/mol. The van der Waals surface area contributed by atoms with Crippen LogP contribution in [0.25, 0.3) is 0 Å². The van der Waals surface area contributed by atoms with E-state index in [0.29, 0.717) is 6.04 Å². The molecule has 0 saturated heterocycles. The zero-order valence-corrected chi connectivity index (χ0v) is 11.9. The van der Waals surface area contributed by atoms with Crippen LogP contribution in [-0.2, 0) is 0 Å². The summed E-state index contributed by atoms with van der Waals surface area (Å²) in [6.45, 7) is 2.16. The molecule has 0 aromatic heterocycles. The highest BCUT2D eigenvalue weighted by atomic mass is 15.0. The van der Waals surface area contributed by atoms with Gasteiger partial charge in [-0.25, -0.2) is 0 Å². The topological polar surface area (TPSA) is 38.0 Å². The van der Waals surface area contributed by atoms with Crippen LogP contribution in [0.3, 0.4) is 0 Å². The highest BCUT2D eigenvalue weighted by Crippen LogP contribution is 2.41. The van der Waals surface area contributed by atoms with Crippen molar-refractivity contribution >= 4 is 0 Å².